The van der Waals surface area contributed by atoms with Crippen LogP contribution in [0.2, 0.25) is 0 Å². The number of ether oxygens (including phenoxy) is 1. The first-order valence-electron chi connectivity index (χ1n) is 5.81. The summed E-state index contributed by atoms with van der Waals surface area (Å²) in [4.78, 5) is 10.8. The van der Waals surface area contributed by atoms with Gasteiger partial charge >= 0.3 is 5.97 Å². The Morgan fingerprint density at radius 2 is 1.76 bits per heavy atom. The number of halogens is 1. The molecule has 1 atom stereocenters. The molecule has 2 saturated carbocycles. The summed E-state index contributed by atoms with van der Waals surface area (Å²) in [5.74, 6) is 0.735. The minimum Gasteiger partial charge on any atom is -0.464 e. The monoisotopic (exact) mass is 267 g/mol. The van der Waals surface area contributed by atoms with E-state index in [4.69, 9.17) is 20.7 Å². The average Bonchev–Trinajstić information content (AvgIpc) is 3.19. The molecule has 0 spiro atoms. The Hall–Kier alpha value is -0.360. The van der Waals surface area contributed by atoms with Crippen molar-refractivity contribution in [3.63, 3.8) is 0 Å². The van der Waals surface area contributed by atoms with Gasteiger partial charge in [-0.25, -0.2) is 0 Å². The summed E-state index contributed by atoms with van der Waals surface area (Å²) in [5.41, 5.74) is 5.20. The maximum atomic E-state index is 10.8. The van der Waals surface area contributed by atoms with Gasteiger partial charge in [-0.3, -0.25) is 4.79 Å². The molecule has 0 aliphatic heterocycles. The average molecular weight is 268 g/mol. The topological polar surface area (TPSA) is 92.8 Å². The lowest BCUT2D eigenvalue weighted by Gasteiger charge is -2.07. The van der Waals surface area contributed by atoms with E-state index in [0.717, 1.165) is 12.8 Å². The first-order valence-corrected chi connectivity index (χ1v) is 5.81. The zero-order valence-corrected chi connectivity index (χ0v) is 10.7. The molecule has 2 fully saturated rings. The fourth-order valence-electron chi connectivity index (χ4n) is 0.967. The molecule has 0 bridgehead atoms. The van der Waals surface area contributed by atoms with Crippen molar-refractivity contribution >= 4 is 18.4 Å². The highest BCUT2D eigenvalue weighted by Crippen LogP contribution is 2.28. The highest BCUT2D eigenvalue weighted by molar-refractivity contribution is 5.85. The van der Waals surface area contributed by atoms with Crippen LogP contribution in [0.25, 0.3) is 0 Å². The Bertz CT molecular complexity index is 220. The third-order valence-corrected chi connectivity index (χ3v) is 2.61. The van der Waals surface area contributed by atoms with Crippen LogP contribution in [0.15, 0.2) is 0 Å². The molecular weight excluding hydrogens is 246 g/mol. The van der Waals surface area contributed by atoms with Gasteiger partial charge in [0.25, 0.3) is 0 Å². The van der Waals surface area contributed by atoms with Crippen molar-refractivity contribution in [2.75, 3.05) is 19.8 Å². The Morgan fingerprint density at radius 1 is 1.24 bits per heavy atom. The van der Waals surface area contributed by atoms with E-state index in [1.54, 1.807) is 0 Å². The zero-order chi connectivity index (χ0) is 12.0. The van der Waals surface area contributed by atoms with E-state index in [1.165, 1.54) is 12.8 Å². The van der Waals surface area contributed by atoms with Gasteiger partial charge in [0.15, 0.2) is 0 Å². The van der Waals surface area contributed by atoms with Crippen molar-refractivity contribution in [3.8, 4) is 0 Å². The van der Waals surface area contributed by atoms with Gasteiger partial charge < -0.3 is 20.7 Å². The molecule has 0 aromatic rings. The maximum absolute atomic E-state index is 10.8. The molecule has 0 heterocycles. The highest BCUT2D eigenvalue weighted by Gasteiger charge is 2.24. The Morgan fingerprint density at radius 3 is 2.06 bits per heavy atom. The standard InChI is InChI=1S/C7H13NO3.C4H8O.ClH/c8-6(3-9)7(10)11-4-5-1-2-5;5-3-4-1-2-4;/h5-6,9H,1-4,8H2;4-5H,1-3H2;1H/t6-;;/m1../s1. The largest absolute Gasteiger partial charge is 0.464 e. The van der Waals surface area contributed by atoms with E-state index < -0.39 is 12.0 Å². The number of esters is 1. The second kappa shape index (κ2) is 8.69. The summed E-state index contributed by atoms with van der Waals surface area (Å²) in [7, 11) is 0. The lowest BCUT2D eigenvalue weighted by atomic mass is 10.3. The lowest BCUT2D eigenvalue weighted by Crippen LogP contribution is -2.35. The molecular formula is C11H22ClNO4. The van der Waals surface area contributed by atoms with Crippen molar-refractivity contribution < 1.29 is 19.7 Å². The van der Waals surface area contributed by atoms with E-state index in [1.807, 2.05) is 0 Å². The Labute approximate surface area is 108 Å². The maximum Gasteiger partial charge on any atom is 0.325 e. The number of carbonyl (C=O) groups is 1. The number of aliphatic hydroxyl groups is 2. The van der Waals surface area contributed by atoms with Gasteiger partial charge in [0.1, 0.15) is 6.04 Å². The number of hydrogen-bond acceptors (Lipinski definition) is 5. The van der Waals surface area contributed by atoms with Crippen molar-refractivity contribution in [2.24, 2.45) is 17.6 Å². The van der Waals surface area contributed by atoms with Crippen molar-refractivity contribution in [1.82, 2.24) is 0 Å². The van der Waals surface area contributed by atoms with Gasteiger partial charge in [-0.15, -0.1) is 12.4 Å². The molecule has 0 aromatic heterocycles. The molecule has 0 radical (unpaired) electrons. The fourth-order valence-corrected chi connectivity index (χ4v) is 0.967. The quantitative estimate of drug-likeness (QED) is 0.613. The van der Waals surface area contributed by atoms with Crippen LogP contribution in [-0.4, -0.2) is 42.0 Å². The van der Waals surface area contributed by atoms with Gasteiger partial charge in [0.2, 0.25) is 0 Å². The fraction of sp³-hybridized carbons (Fsp3) is 0.909. The first-order chi connectivity index (χ1) is 7.67. The molecule has 0 saturated heterocycles. The molecule has 2 aliphatic rings. The second-order valence-electron chi connectivity index (χ2n) is 4.49. The van der Waals surface area contributed by atoms with Crippen LogP contribution >= 0.6 is 12.4 Å². The summed E-state index contributed by atoms with van der Waals surface area (Å²) in [6, 6.07) is -0.867. The first kappa shape index (κ1) is 16.6. The van der Waals surface area contributed by atoms with Crippen LogP contribution in [-0.2, 0) is 9.53 Å². The van der Waals surface area contributed by atoms with Gasteiger partial charge in [0, 0.05) is 6.61 Å². The van der Waals surface area contributed by atoms with Gasteiger partial charge in [-0.05, 0) is 37.5 Å². The van der Waals surface area contributed by atoms with Crippen molar-refractivity contribution in [3.05, 3.63) is 0 Å². The number of carbonyl (C=O) groups excluding carboxylic acids is 1. The number of aliphatic hydroxyl groups excluding tert-OH is 2. The lowest BCUT2D eigenvalue weighted by molar-refractivity contribution is -0.146. The van der Waals surface area contributed by atoms with E-state index in [-0.39, 0.29) is 19.0 Å². The van der Waals surface area contributed by atoms with Crippen LogP contribution in [0.3, 0.4) is 0 Å². The van der Waals surface area contributed by atoms with E-state index in [0.29, 0.717) is 25.0 Å². The second-order valence-corrected chi connectivity index (χ2v) is 4.49. The van der Waals surface area contributed by atoms with Crippen LogP contribution in [0.1, 0.15) is 25.7 Å². The molecule has 0 aromatic carbocycles. The third-order valence-electron chi connectivity index (χ3n) is 2.61. The van der Waals surface area contributed by atoms with Crippen LogP contribution in [0.5, 0.6) is 0 Å². The molecule has 4 N–H and O–H groups in total. The summed E-state index contributed by atoms with van der Waals surface area (Å²) in [6.07, 6.45) is 4.80. The molecule has 2 aliphatic carbocycles. The Balaban J connectivity index is 0.000000360. The minimum atomic E-state index is -0.867. The molecule has 2 rings (SSSR count). The van der Waals surface area contributed by atoms with E-state index in [9.17, 15) is 4.79 Å². The van der Waals surface area contributed by atoms with Gasteiger partial charge in [-0.1, -0.05) is 0 Å². The zero-order valence-electron chi connectivity index (χ0n) is 9.88. The summed E-state index contributed by atoms with van der Waals surface area (Å²) < 4.78 is 4.79. The van der Waals surface area contributed by atoms with Crippen LogP contribution < -0.4 is 5.73 Å². The summed E-state index contributed by atoms with van der Waals surface area (Å²) in [5, 5.41) is 16.7. The Kier molecular flexibility index (Phi) is 8.51. The predicted molar refractivity (Wildman–Crippen MR) is 65.8 cm³/mol. The minimum absolute atomic E-state index is 0. The van der Waals surface area contributed by atoms with Crippen molar-refractivity contribution in [1.29, 1.82) is 0 Å². The number of hydrogen-bond donors (Lipinski definition) is 3. The number of rotatable bonds is 5. The smallest absolute Gasteiger partial charge is 0.325 e. The molecule has 0 unspecified atom stereocenters. The van der Waals surface area contributed by atoms with E-state index >= 15 is 0 Å². The third kappa shape index (κ3) is 8.37. The van der Waals surface area contributed by atoms with Crippen LogP contribution in [0, 0.1) is 11.8 Å². The van der Waals surface area contributed by atoms with Gasteiger partial charge in [-0.2, -0.15) is 0 Å². The molecule has 17 heavy (non-hydrogen) atoms. The normalized spacial score (nSPS) is 19.5. The highest BCUT2D eigenvalue weighted by atomic mass is 35.5. The molecule has 5 nitrogen and oxygen atoms in total. The predicted octanol–water partition coefficient (Wildman–Crippen LogP) is 0.0697. The summed E-state index contributed by atoms with van der Waals surface area (Å²) in [6.45, 7) is 0.538. The van der Waals surface area contributed by atoms with Crippen molar-refractivity contribution in [2.45, 2.75) is 31.7 Å². The summed E-state index contributed by atoms with van der Waals surface area (Å²) >= 11 is 0. The SMILES string of the molecule is Cl.N[C@H](CO)C(=O)OCC1CC1.OCC1CC1. The molecule has 6 heteroatoms. The van der Waals surface area contributed by atoms with E-state index in [2.05, 4.69) is 0 Å². The number of nitrogens with two attached hydrogens (primary N) is 1. The molecule has 102 valence electrons. The molecule has 0 amide bonds. The van der Waals surface area contributed by atoms with Crippen LogP contribution in [0.4, 0.5) is 0 Å². The van der Waals surface area contributed by atoms with Gasteiger partial charge in [0.05, 0.1) is 13.2 Å².